The number of benzene rings is 3. The fourth-order valence-electron chi connectivity index (χ4n) is 12.9. The predicted molar refractivity (Wildman–Crippen MR) is 406 cm³/mol. The normalized spacial score (nSPS) is 11.4. The van der Waals surface area contributed by atoms with Crippen molar-refractivity contribution in [2.24, 2.45) is 9.98 Å². The Labute approximate surface area is 588 Å². The van der Waals surface area contributed by atoms with Crippen molar-refractivity contribution in [3.63, 3.8) is 0 Å². The van der Waals surface area contributed by atoms with Crippen LogP contribution >= 0.6 is 0 Å². The second kappa shape index (κ2) is 65.5. The first-order valence-corrected chi connectivity index (χ1v) is 40.1. The van der Waals surface area contributed by atoms with Gasteiger partial charge in [-0.15, -0.1) is 11.5 Å². The van der Waals surface area contributed by atoms with Crippen LogP contribution in [0.2, 0.25) is 0 Å². The van der Waals surface area contributed by atoms with Gasteiger partial charge in [0.25, 0.3) is 0 Å². The minimum absolute atomic E-state index is 0. The van der Waals surface area contributed by atoms with Crippen molar-refractivity contribution in [3.8, 4) is 35.2 Å². The van der Waals surface area contributed by atoms with Crippen LogP contribution in [0.5, 0.6) is 11.5 Å². The SMILES string of the molecule is CCCCCCCCCCCCCCCCCCCCCCCCC#Cc1cccc(N=C(CC)C(CCCC)=Nc2cccc(C#CCCCCCCCCCCCCCCCCCCCCCCCC)c2)c1.CCCCCc1cc([O-])c([O-])c(C)c1CCCC.[Ni+2]. The van der Waals surface area contributed by atoms with Gasteiger partial charge in [-0.25, -0.2) is 0 Å². The largest absolute Gasteiger partial charge is 2.00 e. The number of aliphatic imine (C=N–C) groups is 2. The summed E-state index contributed by atoms with van der Waals surface area (Å²) >= 11 is 0. The van der Waals surface area contributed by atoms with E-state index >= 15 is 0 Å². The van der Waals surface area contributed by atoms with E-state index in [1.165, 1.54) is 295 Å². The summed E-state index contributed by atoms with van der Waals surface area (Å²) in [4.78, 5) is 10.4. The van der Waals surface area contributed by atoms with Gasteiger partial charge < -0.3 is 10.2 Å². The maximum Gasteiger partial charge on any atom is 2.00 e. The third-order valence-corrected chi connectivity index (χ3v) is 19.0. The number of hydrogen-bond donors (Lipinski definition) is 0. The first-order valence-electron chi connectivity index (χ1n) is 40.1. The Morgan fingerprint density at radius 3 is 0.989 bits per heavy atom. The maximum absolute atomic E-state index is 11.7. The van der Waals surface area contributed by atoms with Gasteiger partial charge >= 0.3 is 16.5 Å². The summed E-state index contributed by atoms with van der Waals surface area (Å²) in [6.45, 7) is 15.2. The number of aryl methyl sites for hydroxylation is 1. The van der Waals surface area contributed by atoms with Gasteiger partial charge in [-0.2, -0.15) is 0 Å². The molecule has 0 spiro atoms. The van der Waals surface area contributed by atoms with Crippen LogP contribution in [0.25, 0.3) is 0 Å². The maximum atomic E-state index is 11.7. The molecule has 93 heavy (non-hydrogen) atoms. The molecular weight excluding hydrogens is 1180 g/mol. The summed E-state index contributed by atoms with van der Waals surface area (Å²) in [7, 11) is 0. The summed E-state index contributed by atoms with van der Waals surface area (Å²) in [5, 5.41) is 23.3. The van der Waals surface area contributed by atoms with Crippen LogP contribution < -0.4 is 10.2 Å². The van der Waals surface area contributed by atoms with Crippen LogP contribution in [-0.4, -0.2) is 11.4 Å². The van der Waals surface area contributed by atoms with Crippen molar-refractivity contribution in [2.75, 3.05) is 0 Å². The third kappa shape index (κ3) is 49.4. The van der Waals surface area contributed by atoms with E-state index in [0.717, 1.165) is 116 Å². The van der Waals surface area contributed by atoms with Crippen molar-refractivity contribution >= 4 is 22.8 Å². The van der Waals surface area contributed by atoms with E-state index in [0.29, 0.717) is 5.56 Å². The monoisotopic (exact) mass is 1320 g/mol. The Kier molecular flexibility index (Phi) is 61.4. The molecule has 5 heteroatoms. The molecule has 0 N–H and O–H groups in total. The third-order valence-electron chi connectivity index (χ3n) is 19.0. The topological polar surface area (TPSA) is 70.8 Å². The first-order chi connectivity index (χ1) is 45.3. The van der Waals surface area contributed by atoms with Crippen molar-refractivity contribution < 1.29 is 26.7 Å². The Morgan fingerprint density at radius 2 is 0.656 bits per heavy atom. The van der Waals surface area contributed by atoms with Gasteiger partial charge in [-0.05, 0) is 112 Å². The van der Waals surface area contributed by atoms with Crippen LogP contribution in [-0.2, 0) is 29.3 Å². The Bertz CT molecular complexity index is 2380. The average molecular weight is 1320 g/mol. The Hall–Kier alpha value is -3.79. The second-order valence-corrected chi connectivity index (χ2v) is 27.7. The molecule has 0 fully saturated rings. The number of hydrogen-bond acceptors (Lipinski definition) is 4. The van der Waals surface area contributed by atoms with E-state index in [-0.39, 0.29) is 28.0 Å². The molecule has 0 unspecified atom stereocenters. The summed E-state index contributed by atoms with van der Waals surface area (Å²) in [6, 6.07) is 18.6. The minimum atomic E-state index is -0.334. The molecule has 0 amide bonds. The summed E-state index contributed by atoms with van der Waals surface area (Å²) in [5.41, 5.74) is 9.15. The zero-order valence-electron chi connectivity index (χ0n) is 62.0. The minimum Gasteiger partial charge on any atom is -0.873 e. The van der Waals surface area contributed by atoms with Gasteiger partial charge in [0.05, 0.1) is 22.8 Å². The summed E-state index contributed by atoms with van der Waals surface area (Å²) < 4.78 is 0. The molecule has 0 aliphatic heterocycles. The predicted octanol–water partition coefficient (Wildman–Crippen LogP) is 28.0. The van der Waals surface area contributed by atoms with E-state index in [1.54, 1.807) is 13.0 Å². The zero-order valence-corrected chi connectivity index (χ0v) is 63.0. The van der Waals surface area contributed by atoms with Crippen molar-refractivity contribution in [1.29, 1.82) is 0 Å². The fraction of sp³-hybridized carbons (Fsp3) is 0.727. The quantitative estimate of drug-likeness (QED) is 0.0245. The zero-order chi connectivity index (χ0) is 66.3. The molecule has 0 bridgehead atoms. The first kappa shape index (κ1) is 87.2. The number of nitrogens with zero attached hydrogens (tertiary/aromatic N) is 2. The molecule has 0 heterocycles. The van der Waals surface area contributed by atoms with E-state index < -0.39 is 0 Å². The van der Waals surface area contributed by atoms with E-state index in [9.17, 15) is 10.2 Å². The van der Waals surface area contributed by atoms with Crippen molar-refractivity contribution in [2.45, 2.75) is 414 Å². The van der Waals surface area contributed by atoms with Gasteiger partial charge in [-0.1, -0.05) is 384 Å². The van der Waals surface area contributed by atoms with E-state index in [4.69, 9.17) is 9.98 Å². The molecule has 528 valence electrons. The van der Waals surface area contributed by atoms with E-state index in [2.05, 4.69) is 114 Å². The van der Waals surface area contributed by atoms with Gasteiger partial charge in [0.15, 0.2) is 0 Å². The molecule has 3 aromatic carbocycles. The molecule has 0 radical (unpaired) electrons. The average Bonchev–Trinajstić information content (AvgIpc) is 0.950. The second-order valence-electron chi connectivity index (χ2n) is 27.7. The smallest absolute Gasteiger partial charge is 0.873 e. The summed E-state index contributed by atoms with van der Waals surface area (Å²) in [5.74, 6) is 13.2. The molecule has 0 saturated carbocycles. The Balaban J connectivity index is 0.00000195. The van der Waals surface area contributed by atoms with Crippen LogP contribution in [0.3, 0.4) is 0 Å². The van der Waals surface area contributed by atoms with Crippen LogP contribution in [0.1, 0.15) is 423 Å². The molecule has 0 aliphatic carbocycles. The van der Waals surface area contributed by atoms with Crippen molar-refractivity contribution in [3.05, 3.63) is 82.4 Å². The molecule has 3 rings (SSSR count). The number of rotatable bonds is 58. The van der Waals surface area contributed by atoms with Gasteiger partial charge in [0.1, 0.15) is 0 Å². The fourth-order valence-corrected chi connectivity index (χ4v) is 12.9. The standard InChI is InChI=1S/C72H120N2.C16H26O2.Ni/c1-5-9-12-14-16-18-20-22-24-26-28-30-32-34-36-38-40-42-44-46-48-50-52-54-58-67-60-56-62-69(65-67)73-71(8-4)72(64-11-7-3)74-70-63-57-61-68(66-70)59-55-53-51-49-47-45-43-41-39-37-35-33-31-29-27-25-23-21-19-17-15-13-10-6-2;1-4-6-8-9-13-11-15(17)16(18)12(3)14(13)10-7-5-2;/h56-57,60-63,65-66H,5-53,64H2,1-4H3;11,17-18H,4-10H2,1-3H3;/q;;+2/p-2. The van der Waals surface area contributed by atoms with Gasteiger partial charge in [0.2, 0.25) is 0 Å². The van der Waals surface area contributed by atoms with Gasteiger partial charge in [-0.3, -0.25) is 9.98 Å². The summed E-state index contributed by atoms with van der Waals surface area (Å²) in [6.07, 6.45) is 76.0. The van der Waals surface area contributed by atoms with Gasteiger partial charge in [0, 0.05) is 24.0 Å². The van der Waals surface area contributed by atoms with Crippen molar-refractivity contribution in [1.82, 2.24) is 0 Å². The molecular formula is C88H144N2NiO2. The molecule has 0 aliphatic rings. The number of unbranched alkanes of at least 4 members (excludes halogenated alkanes) is 48. The molecule has 3 aromatic rings. The van der Waals surface area contributed by atoms with Crippen LogP contribution in [0.15, 0.2) is 64.6 Å². The molecule has 0 atom stereocenters. The molecule has 0 saturated heterocycles. The van der Waals surface area contributed by atoms with Crippen LogP contribution in [0.4, 0.5) is 11.4 Å². The Morgan fingerprint density at radius 1 is 0.344 bits per heavy atom. The molecule has 4 nitrogen and oxygen atoms in total. The van der Waals surface area contributed by atoms with Crippen LogP contribution in [0, 0.1) is 30.6 Å². The van der Waals surface area contributed by atoms with E-state index in [1.807, 2.05) is 0 Å². The molecule has 0 aromatic heterocycles.